The molecule has 3 aromatic heterocycles. The molecule has 2 N–H and O–H groups in total. The summed E-state index contributed by atoms with van der Waals surface area (Å²) in [4.78, 5) is 23.4. The molecule has 262 valence electrons. The zero-order valence-electron chi connectivity index (χ0n) is 28.9. The Hall–Kier alpha value is -4.10. The summed E-state index contributed by atoms with van der Waals surface area (Å²) >= 11 is 3.60. The minimum atomic E-state index is -2.77. The van der Waals surface area contributed by atoms with Gasteiger partial charge < -0.3 is 29.6 Å². The third-order valence-corrected chi connectivity index (χ3v) is 11.4. The third kappa shape index (κ3) is 7.20. The van der Waals surface area contributed by atoms with Crippen LogP contribution >= 0.6 is 23.1 Å². The molecule has 0 radical (unpaired) electrons. The van der Waals surface area contributed by atoms with E-state index in [9.17, 15) is 4.57 Å². The highest BCUT2D eigenvalue weighted by atomic mass is 79.9. The normalized spacial score (nSPS) is 17.6. The van der Waals surface area contributed by atoms with E-state index in [2.05, 4.69) is 75.5 Å². The topological polar surface area (TPSA) is 135 Å². The van der Waals surface area contributed by atoms with Crippen LogP contribution in [0.5, 0.6) is 5.75 Å². The van der Waals surface area contributed by atoms with Crippen LogP contribution in [0.15, 0.2) is 59.7 Å². The lowest BCUT2D eigenvalue weighted by atomic mass is 9.98. The van der Waals surface area contributed by atoms with Crippen LogP contribution in [0.3, 0.4) is 0 Å². The third-order valence-electron chi connectivity index (χ3n) is 9.32. The molecule has 0 bridgehead atoms. The molecule has 50 heavy (non-hydrogen) atoms. The van der Waals surface area contributed by atoms with Crippen LogP contribution in [0, 0.1) is 0 Å². The summed E-state index contributed by atoms with van der Waals surface area (Å²) in [7, 11) is 0.831. The van der Waals surface area contributed by atoms with Crippen molar-refractivity contribution in [2.24, 2.45) is 7.05 Å². The Kier molecular flexibility index (Phi) is 9.80. The van der Waals surface area contributed by atoms with E-state index in [0.29, 0.717) is 55.7 Å². The maximum atomic E-state index is 13.5. The predicted molar refractivity (Wildman–Crippen MR) is 202 cm³/mol. The first-order chi connectivity index (χ1) is 24.1. The number of aromatic nitrogens is 6. The molecule has 2 aliphatic rings. The van der Waals surface area contributed by atoms with Gasteiger partial charge in [-0.05, 0) is 67.2 Å². The second kappa shape index (κ2) is 14.3. The van der Waals surface area contributed by atoms with Crippen molar-refractivity contribution < 1.29 is 14.0 Å². The van der Waals surface area contributed by atoms with Gasteiger partial charge in [0.05, 0.1) is 52.7 Å². The van der Waals surface area contributed by atoms with Crippen LogP contribution in [-0.4, -0.2) is 100.0 Å². The minimum Gasteiger partial charge on any atom is -0.494 e. The molecular weight excluding hydrogens is 719 g/mol. The zero-order chi connectivity index (χ0) is 35.0. The number of methoxy groups -OCH3 is 1. The molecule has 0 amide bonds. The number of benzene rings is 2. The molecule has 7 rings (SSSR count). The summed E-state index contributed by atoms with van der Waals surface area (Å²) in [6.07, 6.45) is 11.3. The Morgan fingerprint density at radius 1 is 1.02 bits per heavy atom. The highest BCUT2D eigenvalue weighted by molar-refractivity contribution is 9.10. The van der Waals surface area contributed by atoms with Gasteiger partial charge in [-0.25, -0.2) is 4.98 Å². The van der Waals surface area contributed by atoms with Gasteiger partial charge in [0.1, 0.15) is 24.2 Å². The fourth-order valence-corrected chi connectivity index (χ4v) is 8.65. The van der Waals surface area contributed by atoms with Gasteiger partial charge in [-0.2, -0.15) is 10.1 Å². The van der Waals surface area contributed by atoms with Crippen molar-refractivity contribution in [3.63, 3.8) is 0 Å². The molecule has 15 heteroatoms. The van der Waals surface area contributed by atoms with Gasteiger partial charge in [0, 0.05) is 86.9 Å². The minimum absolute atomic E-state index is 0.280. The van der Waals surface area contributed by atoms with Crippen molar-refractivity contribution >= 4 is 68.2 Å². The number of piperidine rings is 1. The number of hydrogen-bond acceptors (Lipinski definition) is 12. The molecule has 0 saturated carbocycles. The first kappa shape index (κ1) is 34.4. The smallest absolute Gasteiger partial charge is 0.229 e. The molecule has 1 atom stereocenters. The van der Waals surface area contributed by atoms with Crippen molar-refractivity contribution in [2.45, 2.75) is 31.9 Å². The van der Waals surface area contributed by atoms with Crippen molar-refractivity contribution in [3.8, 4) is 16.9 Å². The molecule has 2 saturated heterocycles. The number of anilines is 5. The summed E-state index contributed by atoms with van der Waals surface area (Å²) < 4.78 is 27.7. The first-order valence-electron chi connectivity index (χ1n) is 16.7. The van der Waals surface area contributed by atoms with Crippen LogP contribution in [0.2, 0.25) is 0 Å². The Balaban J connectivity index is 1.19. The molecular formula is C35H42BrN10O3P. The number of fused-ring (bicyclic) bond motifs is 1. The lowest BCUT2D eigenvalue weighted by Crippen LogP contribution is -2.51. The molecule has 2 fully saturated rings. The second-order valence-electron chi connectivity index (χ2n) is 13.2. The number of halogens is 1. The van der Waals surface area contributed by atoms with Crippen LogP contribution < -0.4 is 25.6 Å². The molecule has 13 nitrogen and oxygen atoms in total. The fraction of sp³-hybridized carbons (Fsp3) is 0.400. The van der Waals surface area contributed by atoms with Crippen LogP contribution in [0.4, 0.5) is 28.8 Å². The zero-order valence-corrected chi connectivity index (χ0v) is 31.4. The van der Waals surface area contributed by atoms with Gasteiger partial charge in [0.25, 0.3) is 0 Å². The van der Waals surface area contributed by atoms with Crippen LogP contribution in [0.25, 0.3) is 22.2 Å². The Morgan fingerprint density at radius 2 is 1.82 bits per heavy atom. The lowest BCUT2D eigenvalue weighted by molar-refractivity contribution is -0.0373. The average molecular weight is 762 g/mol. The molecule has 5 heterocycles. The average Bonchev–Trinajstić information content (AvgIpc) is 3.55. The monoisotopic (exact) mass is 760 g/mol. The van der Waals surface area contributed by atoms with Crippen molar-refractivity contribution in [2.75, 3.05) is 68.8 Å². The summed E-state index contributed by atoms with van der Waals surface area (Å²) in [5.41, 5.74) is 5.78. The first-order valence-corrected chi connectivity index (χ1v) is 20.1. The van der Waals surface area contributed by atoms with Gasteiger partial charge >= 0.3 is 0 Å². The summed E-state index contributed by atoms with van der Waals surface area (Å²) in [5.74, 6) is 1.53. The number of nitrogens with zero attached hydrogens (tertiary/aromatic N) is 8. The lowest BCUT2D eigenvalue weighted by Gasteiger charge is -2.42. The summed E-state index contributed by atoms with van der Waals surface area (Å²) in [6, 6.07) is 8.46. The van der Waals surface area contributed by atoms with Gasteiger partial charge in [-0.3, -0.25) is 19.5 Å². The van der Waals surface area contributed by atoms with Gasteiger partial charge in [0.15, 0.2) is 0 Å². The number of rotatable bonds is 9. The van der Waals surface area contributed by atoms with Crippen molar-refractivity contribution in [1.82, 2.24) is 34.6 Å². The van der Waals surface area contributed by atoms with Gasteiger partial charge in [-0.15, -0.1) is 0 Å². The molecule has 2 aliphatic heterocycles. The Bertz CT molecular complexity index is 2060. The van der Waals surface area contributed by atoms with E-state index >= 15 is 0 Å². The second-order valence-corrected chi connectivity index (χ2v) is 17.2. The molecule has 2 aromatic carbocycles. The highest BCUT2D eigenvalue weighted by Crippen LogP contribution is 2.43. The molecule has 0 aliphatic carbocycles. The van der Waals surface area contributed by atoms with E-state index in [1.807, 2.05) is 36.3 Å². The van der Waals surface area contributed by atoms with Crippen molar-refractivity contribution in [3.05, 3.63) is 59.7 Å². The predicted octanol–water partition coefficient (Wildman–Crippen LogP) is 6.02. The van der Waals surface area contributed by atoms with Crippen LogP contribution in [-0.2, 0) is 16.3 Å². The van der Waals surface area contributed by atoms with E-state index in [4.69, 9.17) is 14.5 Å². The van der Waals surface area contributed by atoms with Crippen LogP contribution in [0.1, 0.15) is 19.8 Å². The van der Waals surface area contributed by atoms with Gasteiger partial charge in [0.2, 0.25) is 5.95 Å². The Morgan fingerprint density at radius 3 is 2.54 bits per heavy atom. The standard InChI is InChI=1S/C35H42BrN10O3P/c1-22-20-46(14-15-49-22)24-8-12-45(13-9-24)30-17-31(48-3)29(16-25(30)23-18-40-44(2)21-23)42-35-39-19-26(36)34(43-35)41-28-7-6-27-32(38-11-10-37-27)33(28)50(4,5)47/h6-7,10-11,16-19,21-22,24H,8-9,12-15,20H2,1-5H3,(H2,39,41,42,43). The molecule has 5 aromatic rings. The maximum absolute atomic E-state index is 13.5. The molecule has 1 unspecified atom stereocenters. The number of aryl methyl sites for hydroxylation is 1. The number of nitrogens with one attached hydrogen (secondary N) is 2. The van der Waals surface area contributed by atoms with E-state index in [1.165, 1.54) is 0 Å². The maximum Gasteiger partial charge on any atom is 0.229 e. The van der Waals surface area contributed by atoms with E-state index in [1.54, 1.807) is 39.0 Å². The fourth-order valence-electron chi connectivity index (χ4n) is 6.97. The largest absolute Gasteiger partial charge is 0.494 e. The SMILES string of the molecule is COc1cc(N2CCC(N3CCOC(C)C3)CC2)c(-c2cnn(C)c2)cc1Nc1ncc(Br)c(Nc2ccc3nccnc3c2P(C)(C)=O)n1. The molecule has 0 spiro atoms. The van der Waals surface area contributed by atoms with Gasteiger partial charge in [-0.1, -0.05) is 0 Å². The van der Waals surface area contributed by atoms with E-state index < -0.39 is 7.14 Å². The Labute approximate surface area is 300 Å². The summed E-state index contributed by atoms with van der Waals surface area (Å²) in [5, 5.41) is 11.9. The number of morpholine rings is 1. The number of hydrogen-bond donors (Lipinski definition) is 2. The summed E-state index contributed by atoms with van der Waals surface area (Å²) in [6.45, 7) is 10.3. The quantitative estimate of drug-likeness (QED) is 0.170. The van der Waals surface area contributed by atoms with E-state index in [0.717, 1.165) is 62.4 Å². The number of ether oxygens (including phenoxy) is 2. The van der Waals surface area contributed by atoms with E-state index in [-0.39, 0.29) is 6.10 Å². The highest BCUT2D eigenvalue weighted by Gasteiger charge is 2.30. The van der Waals surface area contributed by atoms with Crippen molar-refractivity contribution in [1.29, 1.82) is 0 Å².